The number of nitrogens with zero attached hydrogens (tertiary/aromatic N) is 2. The fourth-order valence-corrected chi connectivity index (χ4v) is 1.92. The Morgan fingerprint density at radius 3 is 3.07 bits per heavy atom. The van der Waals surface area contributed by atoms with Gasteiger partial charge in [-0.1, -0.05) is 6.42 Å². The van der Waals surface area contributed by atoms with Crippen LogP contribution in [0, 0.1) is 11.3 Å². The molecule has 1 aliphatic heterocycles. The third-order valence-corrected chi connectivity index (χ3v) is 2.67. The van der Waals surface area contributed by atoms with Gasteiger partial charge in [0.15, 0.2) is 0 Å². The summed E-state index contributed by atoms with van der Waals surface area (Å²) >= 11 is 0. The first-order valence-corrected chi connectivity index (χ1v) is 5.12. The van der Waals surface area contributed by atoms with Gasteiger partial charge < -0.3 is 5.32 Å². The number of hydrogen-bond donors (Lipinski definition) is 1. The Hall–Kier alpha value is -1.08. The van der Waals surface area contributed by atoms with E-state index in [9.17, 15) is 4.79 Å². The zero-order valence-electron chi connectivity index (χ0n) is 8.62. The molecule has 0 radical (unpaired) electrons. The molecular weight excluding hydrogens is 178 g/mol. The predicted octanol–water partition coefficient (Wildman–Crippen LogP) is 0.501. The summed E-state index contributed by atoms with van der Waals surface area (Å²) in [6, 6.07) is 2.11. The number of amides is 1. The van der Waals surface area contributed by atoms with Gasteiger partial charge in [-0.15, -0.1) is 0 Å². The molecule has 4 nitrogen and oxygen atoms in total. The van der Waals surface area contributed by atoms with Crippen molar-refractivity contribution in [3.05, 3.63) is 0 Å². The van der Waals surface area contributed by atoms with Crippen molar-refractivity contribution in [2.45, 2.75) is 31.7 Å². The van der Waals surface area contributed by atoms with Crippen LogP contribution in [0.25, 0.3) is 0 Å². The lowest BCUT2D eigenvalue weighted by Gasteiger charge is -2.33. The Balaban J connectivity index is 2.50. The van der Waals surface area contributed by atoms with E-state index < -0.39 is 0 Å². The highest BCUT2D eigenvalue weighted by Crippen LogP contribution is 2.16. The van der Waals surface area contributed by atoms with Crippen LogP contribution in [0.4, 0.5) is 0 Å². The van der Waals surface area contributed by atoms with Crippen molar-refractivity contribution in [2.24, 2.45) is 0 Å². The number of likely N-dealkylation sites (tertiary alicyclic amines) is 1. The van der Waals surface area contributed by atoms with Gasteiger partial charge in [0.05, 0.1) is 12.1 Å². The Morgan fingerprint density at radius 1 is 1.64 bits per heavy atom. The molecule has 0 aromatic heterocycles. The summed E-state index contributed by atoms with van der Waals surface area (Å²) in [6.45, 7) is 1.66. The Labute approximate surface area is 84.9 Å². The van der Waals surface area contributed by atoms with E-state index in [1.54, 1.807) is 7.05 Å². The van der Waals surface area contributed by atoms with Crippen LogP contribution in [0.5, 0.6) is 0 Å². The summed E-state index contributed by atoms with van der Waals surface area (Å²) in [4.78, 5) is 13.6. The van der Waals surface area contributed by atoms with Gasteiger partial charge in [-0.3, -0.25) is 9.69 Å². The maximum Gasteiger partial charge on any atom is 0.237 e. The van der Waals surface area contributed by atoms with Crippen LogP contribution in [-0.4, -0.2) is 37.0 Å². The van der Waals surface area contributed by atoms with Gasteiger partial charge in [-0.25, -0.2) is 0 Å². The van der Waals surface area contributed by atoms with Gasteiger partial charge in [0.25, 0.3) is 0 Å². The SMILES string of the molecule is CNC(=O)C1CCCCN1CCC#N. The molecule has 1 fully saturated rings. The molecule has 0 spiro atoms. The average molecular weight is 195 g/mol. The van der Waals surface area contributed by atoms with Gasteiger partial charge in [-0.2, -0.15) is 5.26 Å². The first-order valence-electron chi connectivity index (χ1n) is 5.12. The smallest absolute Gasteiger partial charge is 0.237 e. The highest BCUT2D eigenvalue weighted by atomic mass is 16.2. The van der Waals surface area contributed by atoms with E-state index in [0.29, 0.717) is 13.0 Å². The maximum absolute atomic E-state index is 11.5. The van der Waals surface area contributed by atoms with Crippen LogP contribution in [-0.2, 0) is 4.79 Å². The minimum atomic E-state index is -0.0119. The van der Waals surface area contributed by atoms with Gasteiger partial charge in [-0.05, 0) is 19.4 Å². The van der Waals surface area contributed by atoms with Crippen molar-refractivity contribution < 1.29 is 4.79 Å². The van der Waals surface area contributed by atoms with Crippen LogP contribution in [0.3, 0.4) is 0 Å². The second-order valence-corrected chi connectivity index (χ2v) is 3.57. The Bertz CT molecular complexity index is 234. The molecule has 1 heterocycles. The number of piperidine rings is 1. The molecule has 0 bridgehead atoms. The van der Waals surface area contributed by atoms with Crippen LogP contribution in [0.15, 0.2) is 0 Å². The Kier molecular flexibility index (Phi) is 4.41. The van der Waals surface area contributed by atoms with Gasteiger partial charge in [0.2, 0.25) is 5.91 Å². The number of nitriles is 1. The summed E-state index contributed by atoms with van der Waals surface area (Å²) in [5, 5.41) is 11.2. The standard InChI is InChI=1S/C10H17N3O/c1-12-10(14)9-5-2-3-7-13(9)8-4-6-11/h9H,2-5,7-8H2,1H3,(H,12,14). The summed E-state index contributed by atoms with van der Waals surface area (Å²) in [5.74, 6) is 0.0858. The van der Waals surface area contributed by atoms with E-state index in [1.165, 1.54) is 0 Å². The highest BCUT2D eigenvalue weighted by Gasteiger charge is 2.27. The van der Waals surface area contributed by atoms with E-state index in [0.717, 1.165) is 25.8 Å². The summed E-state index contributed by atoms with van der Waals surface area (Å²) in [5.41, 5.74) is 0. The molecule has 1 aliphatic rings. The lowest BCUT2D eigenvalue weighted by molar-refractivity contribution is -0.127. The zero-order valence-corrected chi connectivity index (χ0v) is 8.62. The van der Waals surface area contributed by atoms with E-state index >= 15 is 0 Å². The van der Waals surface area contributed by atoms with Gasteiger partial charge >= 0.3 is 0 Å². The predicted molar refractivity (Wildman–Crippen MR) is 53.5 cm³/mol. The monoisotopic (exact) mass is 195 g/mol. The molecule has 78 valence electrons. The molecule has 1 atom stereocenters. The minimum Gasteiger partial charge on any atom is -0.358 e. The second-order valence-electron chi connectivity index (χ2n) is 3.57. The lowest BCUT2D eigenvalue weighted by atomic mass is 10.0. The molecule has 1 N–H and O–H groups in total. The molecule has 0 aliphatic carbocycles. The number of hydrogen-bond acceptors (Lipinski definition) is 3. The van der Waals surface area contributed by atoms with E-state index in [4.69, 9.17) is 5.26 Å². The summed E-state index contributed by atoms with van der Waals surface area (Å²) in [6.07, 6.45) is 3.68. The molecule has 4 heteroatoms. The van der Waals surface area contributed by atoms with E-state index in [-0.39, 0.29) is 11.9 Å². The Morgan fingerprint density at radius 2 is 2.43 bits per heavy atom. The first-order chi connectivity index (χ1) is 6.79. The number of carbonyl (C=O) groups excluding carboxylic acids is 1. The fraction of sp³-hybridized carbons (Fsp3) is 0.800. The number of carbonyl (C=O) groups is 1. The van der Waals surface area contributed by atoms with Crippen LogP contribution in [0.2, 0.25) is 0 Å². The van der Waals surface area contributed by atoms with Crippen LogP contribution < -0.4 is 5.32 Å². The van der Waals surface area contributed by atoms with Crippen molar-refractivity contribution in [3.8, 4) is 6.07 Å². The van der Waals surface area contributed by atoms with Crippen molar-refractivity contribution in [1.82, 2.24) is 10.2 Å². The third kappa shape index (κ3) is 2.71. The molecule has 14 heavy (non-hydrogen) atoms. The third-order valence-electron chi connectivity index (χ3n) is 2.67. The van der Waals surface area contributed by atoms with Gasteiger partial charge in [0.1, 0.15) is 0 Å². The second kappa shape index (κ2) is 5.61. The lowest BCUT2D eigenvalue weighted by Crippen LogP contribution is -2.48. The maximum atomic E-state index is 11.5. The molecule has 0 saturated carbocycles. The zero-order chi connectivity index (χ0) is 10.4. The van der Waals surface area contributed by atoms with Crippen molar-refractivity contribution >= 4 is 5.91 Å². The molecule has 1 saturated heterocycles. The number of likely N-dealkylation sites (N-methyl/N-ethyl adjacent to an activating group) is 1. The molecule has 0 aromatic carbocycles. The minimum absolute atomic E-state index is 0.0119. The topological polar surface area (TPSA) is 56.1 Å². The summed E-state index contributed by atoms with van der Waals surface area (Å²) < 4.78 is 0. The van der Waals surface area contributed by atoms with Crippen molar-refractivity contribution in [3.63, 3.8) is 0 Å². The molecule has 1 amide bonds. The molecule has 0 aromatic rings. The molecule has 1 unspecified atom stereocenters. The molecule has 1 rings (SSSR count). The average Bonchev–Trinajstić information content (AvgIpc) is 2.25. The summed E-state index contributed by atoms with van der Waals surface area (Å²) in [7, 11) is 1.67. The first kappa shape index (κ1) is 11.0. The van der Waals surface area contributed by atoms with E-state index in [2.05, 4.69) is 16.3 Å². The van der Waals surface area contributed by atoms with Crippen molar-refractivity contribution in [2.75, 3.05) is 20.1 Å². The van der Waals surface area contributed by atoms with Crippen LogP contribution >= 0.6 is 0 Å². The number of rotatable bonds is 3. The van der Waals surface area contributed by atoms with Crippen molar-refractivity contribution in [1.29, 1.82) is 5.26 Å². The fourth-order valence-electron chi connectivity index (χ4n) is 1.92. The largest absolute Gasteiger partial charge is 0.358 e. The van der Waals surface area contributed by atoms with E-state index in [1.807, 2.05) is 0 Å². The van der Waals surface area contributed by atoms with Crippen LogP contribution in [0.1, 0.15) is 25.7 Å². The number of nitrogens with one attached hydrogen (secondary N) is 1. The highest BCUT2D eigenvalue weighted by molar-refractivity contribution is 5.81. The normalized spacial score (nSPS) is 22.7. The van der Waals surface area contributed by atoms with Gasteiger partial charge in [0, 0.05) is 20.0 Å². The molecular formula is C10H17N3O. The quantitative estimate of drug-likeness (QED) is 0.713.